The Labute approximate surface area is 174 Å². The molecule has 152 valence electrons. The second-order valence-corrected chi connectivity index (χ2v) is 7.28. The Morgan fingerprint density at radius 3 is 2.57 bits per heavy atom. The molecular weight excluding hydrogens is 379 g/mol. The van der Waals surface area contributed by atoms with E-state index in [0.717, 1.165) is 39.2 Å². The van der Waals surface area contributed by atoms with Gasteiger partial charge in [-0.05, 0) is 61.9 Å². The summed E-state index contributed by atoms with van der Waals surface area (Å²) in [5, 5.41) is 5.80. The van der Waals surface area contributed by atoms with Gasteiger partial charge in [0.15, 0.2) is 0 Å². The number of nitrogens with zero attached hydrogens (tertiary/aromatic N) is 2. The van der Waals surface area contributed by atoms with Gasteiger partial charge in [0.1, 0.15) is 11.6 Å². The third-order valence-electron chi connectivity index (χ3n) is 5.01. The SMILES string of the molecule is Cc1ccc(NC(=O)NCCn2c(-c3ccc(F)cc3)nc3ccccc32)c(C)c1. The predicted octanol–water partition coefficient (Wildman–Crippen LogP) is 5.28. The van der Waals surface area contributed by atoms with Crippen LogP contribution < -0.4 is 10.6 Å². The number of hydrogen-bond acceptors (Lipinski definition) is 2. The molecule has 0 atom stereocenters. The molecule has 0 saturated carbocycles. The van der Waals surface area contributed by atoms with Crippen molar-refractivity contribution in [3.63, 3.8) is 0 Å². The van der Waals surface area contributed by atoms with Gasteiger partial charge in [0.25, 0.3) is 0 Å². The lowest BCUT2D eigenvalue weighted by Crippen LogP contribution is -2.31. The van der Waals surface area contributed by atoms with Crippen LogP contribution in [-0.2, 0) is 6.54 Å². The molecular formula is C24H23FN4O. The molecule has 0 spiro atoms. The number of para-hydroxylation sites is 2. The minimum absolute atomic E-state index is 0.255. The lowest BCUT2D eigenvalue weighted by atomic mass is 10.1. The predicted molar refractivity (Wildman–Crippen MR) is 118 cm³/mol. The number of fused-ring (bicyclic) bond motifs is 1. The Kier molecular flexibility index (Phi) is 5.48. The highest BCUT2D eigenvalue weighted by Gasteiger charge is 2.13. The smallest absolute Gasteiger partial charge is 0.319 e. The number of aromatic nitrogens is 2. The highest BCUT2D eigenvalue weighted by Crippen LogP contribution is 2.25. The fraction of sp³-hybridized carbons (Fsp3) is 0.167. The fourth-order valence-electron chi connectivity index (χ4n) is 3.52. The molecule has 0 radical (unpaired) electrons. The van der Waals surface area contributed by atoms with E-state index < -0.39 is 0 Å². The first-order valence-electron chi connectivity index (χ1n) is 9.84. The molecule has 0 aliphatic rings. The van der Waals surface area contributed by atoms with Crippen molar-refractivity contribution < 1.29 is 9.18 Å². The molecule has 2 N–H and O–H groups in total. The van der Waals surface area contributed by atoms with Crippen molar-refractivity contribution in [2.45, 2.75) is 20.4 Å². The van der Waals surface area contributed by atoms with E-state index in [9.17, 15) is 9.18 Å². The quantitative estimate of drug-likeness (QED) is 0.477. The largest absolute Gasteiger partial charge is 0.336 e. The summed E-state index contributed by atoms with van der Waals surface area (Å²) < 4.78 is 15.4. The number of nitrogens with one attached hydrogen (secondary N) is 2. The molecule has 0 fully saturated rings. The van der Waals surface area contributed by atoms with Crippen molar-refractivity contribution in [1.82, 2.24) is 14.9 Å². The van der Waals surface area contributed by atoms with Gasteiger partial charge in [-0.15, -0.1) is 0 Å². The molecule has 0 aliphatic heterocycles. The lowest BCUT2D eigenvalue weighted by Gasteiger charge is -2.12. The Balaban J connectivity index is 1.50. The molecule has 1 aromatic heterocycles. The number of urea groups is 1. The maximum absolute atomic E-state index is 13.3. The number of aryl methyl sites for hydroxylation is 2. The Morgan fingerprint density at radius 2 is 1.80 bits per heavy atom. The number of hydrogen-bond donors (Lipinski definition) is 2. The number of imidazole rings is 1. The van der Waals surface area contributed by atoms with E-state index in [-0.39, 0.29) is 11.8 Å². The molecule has 6 heteroatoms. The van der Waals surface area contributed by atoms with E-state index >= 15 is 0 Å². The summed E-state index contributed by atoms with van der Waals surface area (Å²) in [6, 6.07) is 19.7. The summed E-state index contributed by atoms with van der Waals surface area (Å²) in [6.45, 7) is 4.94. The zero-order valence-corrected chi connectivity index (χ0v) is 16.9. The van der Waals surface area contributed by atoms with Gasteiger partial charge in [0.05, 0.1) is 11.0 Å². The minimum Gasteiger partial charge on any atom is -0.336 e. The monoisotopic (exact) mass is 402 g/mol. The van der Waals surface area contributed by atoms with Gasteiger partial charge >= 0.3 is 6.03 Å². The van der Waals surface area contributed by atoms with Crippen molar-refractivity contribution in [3.8, 4) is 11.4 Å². The number of rotatable bonds is 5. The highest BCUT2D eigenvalue weighted by molar-refractivity contribution is 5.90. The average molecular weight is 402 g/mol. The van der Waals surface area contributed by atoms with Gasteiger partial charge < -0.3 is 15.2 Å². The average Bonchev–Trinajstić information content (AvgIpc) is 3.09. The van der Waals surface area contributed by atoms with Crippen molar-refractivity contribution in [1.29, 1.82) is 0 Å². The van der Waals surface area contributed by atoms with Crippen molar-refractivity contribution in [2.24, 2.45) is 0 Å². The van der Waals surface area contributed by atoms with E-state index in [1.54, 1.807) is 12.1 Å². The maximum atomic E-state index is 13.3. The van der Waals surface area contributed by atoms with Crippen molar-refractivity contribution >= 4 is 22.8 Å². The maximum Gasteiger partial charge on any atom is 0.319 e. The molecule has 0 aliphatic carbocycles. The summed E-state index contributed by atoms with van der Waals surface area (Å²) >= 11 is 0. The molecule has 30 heavy (non-hydrogen) atoms. The fourth-order valence-corrected chi connectivity index (χ4v) is 3.52. The van der Waals surface area contributed by atoms with Crippen molar-refractivity contribution in [3.05, 3.63) is 83.7 Å². The normalized spacial score (nSPS) is 10.9. The van der Waals surface area contributed by atoms with Crippen LogP contribution >= 0.6 is 0 Å². The van der Waals surface area contributed by atoms with E-state index in [4.69, 9.17) is 4.98 Å². The van der Waals surface area contributed by atoms with Crippen LogP contribution in [-0.4, -0.2) is 22.1 Å². The van der Waals surface area contributed by atoms with Crippen LogP contribution in [0.25, 0.3) is 22.4 Å². The van der Waals surface area contributed by atoms with Gasteiger partial charge in [-0.2, -0.15) is 0 Å². The summed E-state index contributed by atoms with van der Waals surface area (Å²) in [7, 11) is 0. The lowest BCUT2D eigenvalue weighted by molar-refractivity contribution is 0.251. The molecule has 4 rings (SSSR count). The molecule has 2 amide bonds. The van der Waals surface area contributed by atoms with E-state index in [1.807, 2.05) is 60.9 Å². The zero-order chi connectivity index (χ0) is 21.1. The summed E-state index contributed by atoms with van der Waals surface area (Å²) in [4.78, 5) is 17.1. The summed E-state index contributed by atoms with van der Waals surface area (Å²) in [5.74, 6) is 0.457. The first-order chi connectivity index (χ1) is 14.5. The van der Waals surface area contributed by atoms with Crippen LogP contribution in [0.2, 0.25) is 0 Å². The van der Waals surface area contributed by atoms with Crippen LogP contribution in [0.15, 0.2) is 66.7 Å². The third kappa shape index (κ3) is 4.17. The summed E-state index contributed by atoms with van der Waals surface area (Å²) in [5.41, 5.74) is 5.61. The molecule has 0 bridgehead atoms. The van der Waals surface area contributed by atoms with Crippen LogP contribution in [0.3, 0.4) is 0 Å². The molecule has 4 aromatic rings. The molecule has 0 unspecified atom stereocenters. The highest BCUT2D eigenvalue weighted by atomic mass is 19.1. The van der Waals surface area contributed by atoms with E-state index in [1.165, 1.54) is 12.1 Å². The molecule has 5 nitrogen and oxygen atoms in total. The van der Waals surface area contributed by atoms with Crippen LogP contribution in [0.1, 0.15) is 11.1 Å². The third-order valence-corrected chi connectivity index (χ3v) is 5.01. The van der Waals surface area contributed by atoms with Crippen molar-refractivity contribution in [2.75, 3.05) is 11.9 Å². The number of carbonyl (C=O) groups excluding carboxylic acids is 1. The number of carbonyl (C=O) groups is 1. The van der Waals surface area contributed by atoms with Gasteiger partial charge in [-0.1, -0.05) is 29.8 Å². The Bertz CT molecular complexity index is 1200. The van der Waals surface area contributed by atoms with Gasteiger partial charge in [-0.3, -0.25) is 0 Å². The van der Waals surface area contributed by atoms with Gasteiger partial charge in [0, 0.05) is 24.3 Å². The Hall–Kier alpha value is -3.67. The first kappa shape index (κ1) is 19.6. The Morgan fingerprint density at radius 1 is 1.03 bits per heavy atom. The summed E-state index contributed by atoms with van der Waals surface area (Å²) in [6.07, 6.45) is 0. The molecule has 0 saturated heterocycles. The topological polar surface area (TPSA) is 59.0 Å². The number of amides is 2. The van der Waals surface area contributed by atoms with Crippen LogP contribution in [0, 0.1) is 19.7 Å². The second kappa shape index (κ2) is 8.37. The van der Waals surface area contributed by atoms with E-state index in [2.05, 4.69) is 10.6 Å². The second-order valence-electron chi connectivity index (χ2n) is 7.28. The van der Waals surface area contributed by atoms with Gasteiger partial charge in [-0.25, -0.2) is 14.2 Å². The van der Waals surface area contributed by atoms with E-state index in [0.29, 0.717) is 13.1 Å². The van der Waals surface area contributed by atoms with Gasteiger partial charge in [0.2, 0.25) is 0 Å². The van der Waals surface area contributed by atoms with Crippen LogP contribution in [0.4, 0.5) is 14.9 Å². The minimum atomic E-state index is -0.286. The number of benzene rings is 3. The molecule has 1 heterocycles. The number of anilines is 1. The molecule has 3 aromatic carbocycles. The number of halogens is 1. The first-order valence-corrected chi connectivity index (χ1v) is 9.84. The van der Waals surface area contributed by atoms with Crippen LogP contribution in [0.5, 0.6) is 0 Å². The zero-order valence-electron chi connectivity index (χ0n) is 16.9. The standard InChI is InChI=1S/C24H23FN4O/c1-16-7-12-20(17(2)15-16)28-24(30)26-13-14-29-22-6-4-3-5-21(22)27-23(29)18-8-10-19(25)11-9-18/h3-12,15H,13-14H2,1-2H3,(H2,26,28,30).